The zero-order valence-electron chi connectivity index (χ0n) is 18.2. The van der Waals surface area contributed by atoms with Gasteiger partial charge < -0.3 is 36.7 Å². The Hall–Kier alpha value is 1.68. The minimum absolute atomic E-state index is 0. The van der Waals surface area contributed by atoms with Gasteiger partial charge in [-0.15, -0.1) is 8.64 Å². The molecule has 25 heavy (non-hydrogen) atoms. The first-order valence-electron chi connectivity index (χ1n) is 9.36. The van der Waals surface area contributed by atoms with Crippen molar-refractivity contribution in [2.24, 2.45) is 11.5 Å². The molecule has 0 aliphatic rings. The van der Waals surface area contributed by atoms with Crippen molar-refractivity contribution in [2.45, 2.75) is 55.4 Å². The zero-order valence-corrected chi connectivity index (χ0v) is 24.4. The van der Waals surface area contributed by atoms with Gasteiger partial charge in [0.25, 0.3) is 0 Å². The first-order valence-corrected chi connectivity index (χ1v) is 15.6. The van der Waals surface area contributed by atoms with Crippen LogP contribution in [0.2, 0.25) is 0 Å². The summed E-state index contributed by atoms with van der Waals surface area (Å²) in [5.74, 6) is 9.30. The average molecular weight is 482 g/mol. The van der Waals surface area contributed by atoms with E-state index in [-0.39, 0.29) is 19.5 Å². The van der Waals surface area contributed by atoms with Gasteiger partial charge >= 0.3 is 19.5 Å². The van der Waals surface area contributed by atoms with Gasteiger partial charge in [-0.2, -0.15) is 0 Å². The Kier molecular flexibility index (Phi) is 15.4. The van der Waals surface area contributed by atoms with Gasteiger partial charge in [0.1, 0.15) is 0 Å². The molecule has 0 aromatic heterocycles. The summed E-state index contributed by atoms with van der Waals surface area (Å²) in [5.41, 5.74) is 11.9. The normalized spacial score (nSPS) is 14.7. The summed E-state index contributed by atoms with van der Waals surface area (Å²) in [6.45, 7) is 17.9. The topological polar surface area (TPSA) is 52.0 Å². The second-order valence-corrected chi connectivity index (χ2v) is 20.7. The standard InChI is InChI=1S/2C9H23NS2.Zn/c2*1-5-12(6-2,7-3,8-4)9(10)11;/h2*11H,5-8,10H2,1-4H3;/q;;+2/p-2. The summed E-state index contributed by atoms with van der Waals surface area (Å²) in [4.78, 5) is 0. The Balaban J connectivity index is -0.000000372. The predicted octanol–water partition coefficient (Wildman–Crippen LogP) is 4.00. The fourth-order valence-corrected chi connectivity index (χ4v) is 13.6. The average Bonchev–Trinajstić information content (AvgIpc) is 2.61. The summed E-state index contributed by atoms with van der Waals surface area (Å²) in [7, 11) is -3.04. The monoisotopic (exact) mass is 480 g/mol. The summed E-state index contributed by atoms with van der Waals surface area (Å²) >= 11 is 10.5. The van der Waals surface area contributed by atoms with Gasteiger partial charge in [-0.25, -0.2) is 0 Å². The molecule has 0 bridgehead atoms. The molecule has 0 radical (unpaired) electrons. The molecule has 0 saturated heterocycles. The maximum Gasteiger partial charge on any atom is 2.00 e. The van der Waals surface area contributed by atoms with Crippen LogP contribution in [0.5, 0.6) is 0 Å². The van der Waals surface area contributed by atoms with Gasteiger partial charge in [-0.05, 0) is 46.0 Å². The van der Waals surface area contributed by atoms with Crippen LogP contribution in [0.15, 0.2) is 0 Å². The largest absolute Gasteiger partial charge is 2.00 e. The summed E-state index contributed by atoms with van der Waals surface area (Å²) in [6, 6.07) is 0. The van der Waals surface area contributed by atoms with Crippen molar-refractivity contribution in [3.05, 3.63) is 0 Å². The van der Waals surface area contributed by atoms with E-state index in [1.54, 1.807) is 0 Å². The van der Waals surface area contributed by atoms with E-state index >= 15 is 0 Å². The third kappa shape index (κ3) is 5.84. The van der Waals surface area contributed by atoms with E-state index in [2.05, 4.69) is 55.4 Å². The molecular weight excluding hydrogens is 438 g/mol. The molecule has 0 saturated carbocycles. The van der Waals surface area contributed by atoms with Gasteiger partial charge in [0.15, 0.2) is 0 Å². The van der Waals surface area contributed by atoms with Crippen molar-refractivity contribution >= 4 is 51.4 Å². The fourth-order valence-electron chi connectivity index (χ4n) is 3.59. The Bertz CT molecular complexity index is 408. The predicted molar refractivity (Wildman–Crippen MR) is 133 cm³/mol. The fraction of sp³-hybridized carbons (Fsp3) is 0.889. The Morgan fingerprint density at radius 2 is 0.640 bits per heavy atom. The Morgan fingerprint density at radius 1 is 0.520 bits per heavy atom. The Morgan fingerprint density at radius 3 is 0.640 bits per heavy atom. The third-order valence-electron chi connectivity index (χ3n) is 7.19. The molecule has 152 valence electrons. The van der Waals surface area contributed by atoms with Crippen LogP contribution in [-0.2, 0) is 44.7 Å². The molecule has 7 heteroatoms. The molecule has 0 unspecified atom stereocenters. The van der Waals surface area contributed by atoms with Gasteiger partial charge in [-0.1, -0.05) is 55.4 Å². The SMILES string of the molecule is CCS(CC)(CC)(CC)=C(N)[S-].CCS(CC)(CC)(CC)=C(N)[S-].[Zn+2]. The number of hydrogen-bond donors (Lipinski definition) is 2. The molecule has 0 aromatic carbocycles. The minimum Gasteiger partial charge on any atom is -0.741 e. The zero-order chi connectivity index (χ0) is 19.7. The molecule has 0 atom stereocenters. The van der Waals surface area contributed by atoms with Crippen molar-refractivity contribution in [1.29, 1.82) is 0 Å². The summed E-state index contributed by atoms with van der Waals surface area (Å²) < 4.78 is 1.61. The smallest absolute Gasteiger partial charge is 0.741 e. The number of hydrogen-bond acceptors (Lipinski definition) is 2. The molecular formula is C18H44N2S4Zn. The maximum absolute atomic E-state index is 5.93. The van der Waals surface area contributed by atoms with E-state index in [9.17, 15) is 0 Å². The van der Waals surface area contributed by atoms with Crippen molar-refractivity contribution in [3.63, 3.8) is 0 Å². The van der Waals surface area contributed by atoms with Crippen molar-refractivity contribution in [2.75, 3.05) is 46.0 Å². The van der Waals surface area contributed by atoms with Gasteiger partial charge in [0.2, 0.25) is 0 Å². The van der Waals surface area contributed by atoms with Crippen LogP contribution in [0.3, 0.4) is 0 Å². The van der Waals surface area contributed by atoms with Crippen molar-refractivity contribution in [3.8, 4) is 0 Å². The molecule has 0 amide bonds. The quantitative estimate of drug-likeness (QED) is 0.312. The second-order valence-electron chi connectivity index (χ2n) is 6.55. The van der Waals surface area contributed by atoms with E-state index in [0.29, 0.717) is 0 Å². The van der Waals surface area contributed by atoms with Crippen LogP contribution in [0.25, 0.3) is 0 Å². The maximum atomic E-state index is 5.93. The molecule has 0 spiro atoms. The molecule has 2 nitrogen and oxygen atoms in total. The van der Waals surface area contributed by atoms with Gasteiger partial charge in [0.05, 0.1) is 0 Å². The van der Waals surface area contributed by atoms with Crippen molar-refractivity contribution in [1.82, 2.24) is 0 Å². The van der Waals surface area contributed by atoms with E-state index in [1.165, 1.54) is 0 Å². The van der Waals surface area contributed by atoms with Crippen molar-refractivity contribution < 1.29 is 19.5 Å². The first kappa shape index (κ1) is 31.4. The Labute approximate surface area is 182 Å². The first-order chi connectivity index (χ1) is 11.0. The summed E-state index contributed by atoms with van der Waals surface area (Å²) in [6.07, 6.45) is 0. The molecule has 0 fully saturated rings. The van der Waals surface area contributed by atoms with E-state index in [0.717, 1.165) is 54.7 Å². The number of rotatable bonds is 8. The molecule has 0 aliphatic carbocycles. The van der Waals surface area contributed by atoms with Gasteiger partial charge in [0, 0.05) is 0 Å². The van der Waals surface area contributed by atoms with Crippen LogP contribution < -0.4 is 11.5 Å². The minimum atomic E-state index is -1.52. The van der Waals surface area contributed by atoms with Crippen LogP contribution in [0.1, 0.15) is 55.4 Å². The van der Waals surface area contributed by atoms with E-state index < -0.39 is 17.5 Å². The summed E-state index contributed by atoms with van der Waals surface area (Å²) in [5, 5.41) is 0. The molecule has 4 N–H and O–H groups in total. The molecule has 0 aromatic rings. The van der Waals surface area contributed by atoms with Crippen LogP contribution in [-0.4, -0.2) is 54.7 Å². The molecule has 0 aliphatic heterocycles. The second kappa shape index (κ2) is 12.3. The van der Waals surface area contributed by atoms with E-state index in [4.69, 9.17) is 36.7 Å². The van der Waals surface area contributed by atoms with E-state index in [1.807, 2.05) is 0 Å². The molecule has 0 rings (SSSR count). The van der Waals surface area contributed by atoms with Crippen LogP contribution in [0.4, 0.5) is 0 Å². The van der Waals surface area contributed by atoms with Crippen LogP contribution in [0, 0.1) is 0 Å². The number of nitrogens with two attached hydrogens (primary N) is 2. The third-order valence-corrected chi connectivity index (χ3v) is 24.4. The van der Waals surface area contributed by atoms with Crippen LogP contribution >= 0.6 is 17.5 Å². The van der Waals surface area contributed by atoms with Gasteiger partial charge in [-0.3, -0.25) is 17.5 Å². The molecule has 0 heterocycles.